The quantitative estimate of drug-likeness (QED) is 0.827. The summed E-state index contributed by atoms with van der Waals surface area (Å²) in [4.78, 5) is 15.0. The minimum atomic E-state index is -0.787. The molecule has 5 heteroatoms. The Hall–Kier alpha value is -1.49. The van der Waals surface area contributed by atoms with Crippen LogP contribution in [0.4, 0.5) is 0 Å². The predicted molar refractivity (Wildman–Crippen MR) is 63.8 cm³/mol. The van der Waals surface area contributed by atoms with Crippen molar-refractivity contribution >= 4 is 28.8 Å². The number of carbonyl (C=O) groups is 1. The van der Waals surface area contributed by atoms with Gasteiger partial charge in [0.15, 0.2) is 5.16 Å². The lowest BCUT2D eigenvalue weighted by Gasteiger charge is -2.04. The smallest absolute Gasteiger partial charge is 0.305 e. The summed E-state index contributed by atoms with van der Waals surface area (Å²) in [5.41, 5.74) is 1.91. The molecule has 0 fully saturated rings. The van der Waals surface area contributed by atoms with Gasteiger partial charge in [-0.25, -0.2) is 4.98 Å². The zero-order valence-corrected chi connectivity index (χ0v) is 9.70. The minimum Gasteiger partial charge on any atom is -0.481 e. The summed E-state index contributed by atoms with van der Waals surface area (Å²) in [5, 5.41) is 9.57. The van der Waals surface area contributed by atoms with Crippen LogP contribution < -0.4 is 0 Å². The van der Waals surface area contributed by atoms with Gasteiger partial charge in [0.2, 0.25) is 0 Å². The molecular weight excluding hydrogens is 224 g/mol. The summed E-state index contributed by atoms with van der Waals surface area (Å²) in [6.45, 7) is 0.464. The van der Waals surface area contributed by atoms with Crippen molar-refractivity contribution in [1.29, 1.82) is 0 Å². The Kier molecular flexibility index (Phi) is 3.14. The van der Waals surface area contributed by atoms with Crippen molar-refractivity contribution in [2.24, 2.45) is 0 Å². The summed E-state index contributed by atoms with van der Waals surface area (Å²) in [6, 6.07) is 7.77. The molecule has 0 bridgehead atoms. The van der Waals surface area contributed by atoms with Crippen molar-refractivity contribution in [3.63, 3.8) is 0 Å². The summed E-state index contributed by atoms with van der Waals surface area (Å²) in [5.74, 6) is -0.787. The van der Waals surface area contributed by atoms with Gasteiger partial charge in [0.1, 0.15) is 0 Å². The van der Waals surface area contributed by atoms with E-state index in [1.807, 2.05) is 35.1 Å². The minimum absolute atomic E-state index is 0.119. The number of benzene rings is 1. The Balaban J connectivity index is 2.43. The fraction of sp³-hybridized carbons (Fsp3) is 0.273. The number of carboxylic acid groups (broad SMARTS) is 1. The van der Waals surface area contributed by atoms with Crippen molar-refractivity contribution in [3.05, 3.63) is 24.3 Å². The highest BCUT2D eigenvalue weighted by molar-refractivity contribution is 7.98. The molecule has 1 aromatic heterocycles. The fourth-order valence-corrected chi connectivity index (χ4v) is 2.23. The van der Waals surface area contributed by atoms with Gasteiger partial charge < -0.3 is 9.67 Å². The molecule has 0 amide bonds. The third kappa shape index (κ3) is 2.04. The van der Waals surface area contributed by atoms with Crippen molar-refractivity contribution in [2.45, 2.75) is 18.1 Å². The molecule has 2 aromatic rings. The maximum atomic E-state index is 10.6. The second-order valence-corrected chi connectivity index (χ2v) is 4.16. The van der Waals surface area contributed by atoms with Crippen LogP contribution >= 0.6 is 11.8 Å². The Morgan fingerprint density at radius 2 is 2.25 bits per heavy atom. The molecular formula is C11H12N2O2S. The first-order chi connectivity index (χ1) is 7.72. The van der Waals surface area contributed by atoms with E-state index in [4.69, 9.17) is 5.11 Å². The number of rotatable bonds is 4. The molecule has 0 aliphatic heterocycles. The van der Waals surface area contributed by atoms with Crippen LogP contribution in [0.5, 0.6) is 0 Å². The molecule has 1 N–H and O–H groups in total. The number of fused-ring (bicyclic) bond motifs is 1. The standard InChI is InChI=1S/C11H12N2O2S/c1-16-11-12-8-4-2-3-5-9(8)13(11)7-6-10(14)15/h2-5H,6-7H2,1H3,(H,14,15). The average Bonchev–Trinajstić information content (AvgIpc) is 2.64. The molecule has 0 aliphatic carbocycles. The highest BCUT2D eigenvalue weighted by Crippen LogP contribution is 2.22. The first-order valence-corrected chi connectivity index (χ1v) is 6.16. The van der Waals surface area contributed by atoms with Gasteiger partial charge >= 0.3 is 5.97 Å². The first kappa shape index (κ1) is 11.0. The van der Waals surface area contributed by atoms with Crippen LogP contribution in [-0.4, -0.2) is 26.9 Å². The molecule has 0 aliphatic rings. The van der Waals surface area contributed by atoms with Gasteiger partial charge in [0, 0.05) is 6.54 Å². The number of para-hydroxylation sites is 2. The number of imidazole rings is 1. The summed E-state index contributed by atoms with van der Waals surface area (Å²) in [7, 11) is 0. The zero-order chi connectivity index (χ0) is 11.5. The third-order valence-electron chi connectivity index (χ3n) is 2.35. The number of nitrogens with zero attached hydrogens (tertiary/aromatic N) is 2. The summed E-state index contributed by atoms with van der Waals surface area (Å²) in [6.07, 6.45) is 2.06. The molecule has 4 nitrogen and oxygen atoms in total. The van der Waals surface area contributed by atoms with Crippen LogP contribution in [0.3, 0.4) is 0 Å². The van der Waals surface area contributed by atoms with E-state index in [1.165, 1.54) is 11.8 Å². The Labute approximate surface area is 97.3 Å². The molecule has 2 rings (SSSR count). The van der Waals surface area contributed by atoms with Crippen molar-refractivity contribution < 1.29 is 9.90 Å². The van der Waals surface area contributed by atoms with Crippen LogP contribution in [0, 0.1) is 0 Å². The maximum Gasteiger partial charge on any atom is 0.305 e. The second-order valence-electron chi connectivity index (χ2n) is 3.38. The first-order valence-electron chi connectivity index (χ1n) is 4.93. The van der Waals surface area contributed by atoms with E-state index in [0.717, 1.165) is 16.2 Å². The number of carboxylic acids is 1. The summed E-state index contributed by atoms with van der Waals surface area (Å²) >= 11 is 1.53. The monoisotopic (exact) mass is 236 g/mol. The number of hydrogen-bond acceptors (Lipinski definition) is 3. The van der Waals surface area contributed by atoms with E-state index in [0.29, 0.717) is 6.54 Å². The SMILES string of the molecule is CSc1nc2ccccc2n1CCC(=O)O. The Morgan fingerprint density at radius 3 is 2.94 bits per heavy atom. The normalized spacial score (nSPS) is 10.8. The van der Waals surface area contributed by atoms with Gasteiger partial charge in [-0.3, -0.25) is 4.79 Å². The average molecular weight is 236 g/mol. The van der Waals surface area contributed by atoms with Gasteiger partial charge in [0.05, 0.1) is 17.5 Å². The van der Waals surface area contributed by atoms with Crippen LogP contribution in [0.25, 0.3) is 11.0 Å². The number of aryl methyl sites for hydroxylation is 1. The van der Waals surface area contributed by atoms with E-state index in [2.05, 4.69) is 4.98 Å². The fourth-order valence-electron chi connectivity index (χ4n) is 1.63. The highest BCUT2D eigenvalue weighted by Gasteiger charge is 2.10. The van der Waals surface area contributed by atoms with Crippen LogP contribution in [0.1, 0.15) is 6.42 Å². The third-order valence-corrected chi connectivity index (χ3v) is 3.03. The van der Waals surface area contributed by atoms with Crippen LogP contribution in [0.2, 0.25) is 0 Å². The van der Waals surface area contributed by atoms with Crippen molar-refractivity contribution in [1.82, 2.24) is 9.55 Å². The lowest BCUT2D eigenvalue weighted by atomic mass is 10.3. The van der Waals surface area contributed by atoms with Gasteiger partial charge in [-0.05, 0) is 18.4 Å². The van der Waals surface area contributed by atoms with E-state index in [-0.39, 0.29) is 6.42 Å². The lowest BCUT2D eigenvalue weighted by molar-refractivity contribution is -0.137. The van der Waals surface area contributed by atoms with Gasteiger partial charge in [-0.15, -0.1) is 0 Å². The molecule has 0 saturated carbocycles. The maximum absolute atomic E-state index is 10.6. The largest absolute Gasteiger partial charge is 0.481 e. The van der Waals surface area contributed by atoms with E-state index in [9.17, 15) is 4.79 Å². The molecule has 1 aromatic carbocycles. The number of aromatic nitrogens is 2. The van der Waals surface area contributed by atoms with Gasteiger partial charge in [-0.2, -0.15) is 0 Å². The van der Waals surface area contributed by atoms with Crippen LogP contribution in [0.15, 0.2) is 29.4 Å². The molecule has 0 unspecified atom stereocenters. The molecule has 0 spiro atoms. The molecule has 1 heterocycles. The van der Waals surface area contributed by atoms with Crippen molar-refractivity contribution in [2.75, 3.05) is 6.26 Å². The number of thioether (sulfide) groups is 1. The van der Waals surface area contributed by atoms with Gasteiger partial charge in [-0.1, -0.05) is 23.9 Å². The summed E-state index contributed by atoms with van der Waals surface area (Å²) < 4.78 is 1.95. The molecule has 16 heavy (non-hydrogen) atoms. The Morgan fingerprint density at radius 1 is 1.50 bits per heavy atom. The van der Waals surface area contributed by atoms with E-state index in [1.54, 1.807) is 0 Å². The van der Waals surface area contributed by atoms with Crippen LogP contribution in [-0.2, 0) is 11.3 Å². The predicted octanol–water partition coefficient (Wildman–Crippen LogP) is 2.23. The molecule has 0 saturated heterocycles. The van der Waals surface area contributed by atoms with E-state index < -0.39 is 5.97 Å². The number of aliphatic carboxylic acids is 1. The topological polar surface area (TPSA) is 55.1 Å². The zero-order valence-electron chi connectivity index (χ0n) is 8.88. The lowest BCUT2D eigenvalue weighted by Crippen LogP contribution is -2.05. The number of hydrogen-bond donors (Lipinski definition) is 1. The van der Waals surface area contributed by atoms with Crippen molar-refractivity contribution in [3.8, 4) is 0 Å². The molecule has 0 radical (unpaired) electrons. The van der Waals surface area contributed by atoms with Gasteiger partial charge in [0.25, 0.3) is 0 Å². The molecule has 84 valence electrons. The van der Waals surface area contributed by atoms with E-state index >= 15 is 0 Å². The highest BCUT2D eigenvalue weighted by atomic mass is 32.2. The Bertz CT molecular complexity index is 522. The molecule has 0 atom stereocenters. The second kappa shape index (κ2) is 4.57.